The number of quaternary nitrogens is 1. The molecule has 0 radical (unpaired) electrons. The van der Waals surface area contributed by atoms with E-state index in [4.69, 9.17) is 4.74 Å². The van der Waals surface area contributed by atoms with Gasteiger partial charge >= 0.3 is 0 Å². The van der Waals surface area contributed by atoms with Crippen LogP contribution in [0.15, 0.2) is 6.07 Å². The molecule has 6 rings (SSSR count). The van der Waals surface area contributed by atoms with Gasteiger partial charge in [0.15, 0.2) is 29.6 Å². The van der Waals surface area contributed by atoms with Gasteiger partial charge in [-0.25, -0.2) is 0 Å². The van der Waals surface area contributed by atoms with E-state index < -0.39 is 23.3 Å². The molecular weight excluding hydrogens is 374 g/mol. The molecule has 4 N–H and O–H groups in total. The average Bonchev–Trinajstić information content (AvgIpc) is 3.36. The van der Waals surface area contributed by atoms with E-state index in [9.17, 15) is 25.2 Å². The molecule has 0 aromatic heterocycles. The predicted molar refractivity (Wildman–Crippen MR) is 103 cm³/mol. The molecule has 29 heavy (non-hydrogen) atoms. The van der Waals surface area contributed by atoms with E-state index in [1.54, 1.807) is 0 Å². The Morgan fingerprint density at radius 3 is 2.69 bits per heavy atom. The fourth-order valence-corrected chi connectivity index (χ4v) is 6.99. The summed E-state index contributed by atoms with van der Waals surface area (Å²) >= 11 is 0. The van der Waals surface area contributed by atoms with Crippen molar-refractivity contribution in [2.75, 3.05) is 13.6 Å². The normalized spacial score (nSPS) is 44.0. The monoisotopic (exact) mass is 403 g/mol. The van der Waals surface area contributed by atoms with Gasteiger partial charge in [0, 0.05) is 42.4 Å². The highest BCUT2D eigenvalue weighted by Gasteiger charge is 2.78. The van der Waals surface area contributed by atoms with Crippen LogP contribution < -0.4 is 4.74 Å². The third-order valence-electron chi connectivity index (χ3n) is 8.49. The van der Waals surface area contributed by atoms with Gasteiger partial charge in [-0.2, -0.15) is 0 Å². The number of nitrogens with zero attached hydrogens (tertiary/aromatic N) is 1. The summed E-state index contributed by atoms with van der Waals surface area (Å²) < 4.78 is 6.30. The number of likely N-dealkylation sites (N-methyl/N-ethyl adjacent to an activating group) is 1. The second kappa shape index (κ2) is 5.45. The number of aromatic hydroxyl groups is 2. The van der Waals surface area contributed by atoms with Crippen molar-refractivity contribution in [2.24, 2.45) is 5.92 Å². The Balaban J connectivity index is 0.00000181. The largest absolute Gasteiger partial charge is 0.508 e. The minimum absolute atomic E-state index is 0. The number of hydrogen-bond donors (Lipinski definition) is 4. The number of likely N-dealkylation sites (tertiary alicyclic amines) is 1. The van der Waals surface area contributed by atoms with Crippen LogP contribution >= 0.6 is 0 Å². The van der Waals surface area contributed by atoms with Crippen molar-refractivity contribution in [3.63, 3.8) is 0 Å². The number of aliphatic hydroxyl groups is 2. The fourth-order valence-electron chi connectivity index (χ4n) is 6.99. The molecule has 2 bridgehead atoms. The van der Waals surface area contributed by atoms with Crippen LogP contribution in [-0.2, 0) is 16.6 Å². The summed E-state index contributed by atoms with van der Waals surface area (Å²) in [6, 6.07) is 0.930. The van der Waals surface area contributed by atoms with Crippen molar-refractivity contribution in [1.29, 1.82) is 0 Å². The van der Waals surface area contributed by atoms with Gasteiger partial charge in [-0.1, -0.05) is 0 Å². The van der Waals surface area contributed by atoms with Crippen LogP contribution in [0.1, 0.15) is 43.2 Å². The van der Waals surface area contributed by atoms with Gasteiger partial charge in [0.05, 0.1) is 19.0 Å². The molecule has 7 nitrogen and oxygen atoms in total. The number of carbonyl (C=O) groups is 1. The van der Waals surface area contributed by atoms with E-state index in [-0.39, 0.29) is 49.3 Å². The van der Waals surface area contributed by atoms with Gasteiger partial charge in [0.1, 0.15) is 17.4 Å². The lowest BCUT2D eigenvalue weighted by molar-refractivity contribution is -0.992. The molecule has 3 fully saturated rings. The first-order chi connectivity index (χ1) is 13.2. The number of Topliss-reactive ketones (excluding diaryl/α,β-unsaturated/α-hetero) is 1. The van der Waals surface area contributed by atoms with Gasteiger partial charge < -0.3 is 32.6 Å². The Bertz CT molecular complexity index is 928. The standard InChI is InChI=1S/C21H25NO6.CH3/c1-22(9-10-2-3-10)15-6-11-13(24)7-14(25)18-17(11)20(8-16(22)26)19(28-18)12(23)4-5-21(15,20)27;/h7,10,15-16,19,26-27H,2-6,8-9H2,1H3,(H-,24,25);1H3/q;-1/p+1/t15-,16?,19+,20+,21-,22-;/m1./s1. The molecule has 5 aliphatic rings. The van der Waals surface area contributed by atoms with E-state index in [2.05, 4.69) is 0 Å². The van der Waals surface area contributed by atoms with Crippen LogP contribution in [0.2, 0.25) is 0 Å². The summed E-state index contributed by atoms with van der Waals surface area (Å²) in [6.45, 7) is 0.782. The third-order valence-corrected chi connectivity index (χ3v) is 8.49. The Kier molecular flexibility index (Phi) is 3.60. The van der Waals surface area contributed by atoms with Crippen molar-refractivity contribution >= 4 is 5.78 Å². The van der Waals surface area contributed by atoms with Crippen molar-refractivity contribution in [3.8, 4) is 17.2 Å². The van der Waals surface area contributed by atoms with Gasteiger partial charge in [-0.3, -0.25) is 9.28 Å². The van der Waals surface area contributed by atoms with E-state index in [1.165, 1.54) is 6.07 Å². The van der Waals surface area contributed by atoms with Crippen LogP contribution in [0.25, 0.3) is 0 Å². The summed E-state index contributed by atoms with van der Waals surface area (Å²) in [5, 5.41) is 44.6. The topological polar surface area (TPSA) is 107 Å². The van der Waals surface area contributed by atoms with Crippen LogP contribution in [0, 0.1) is 13.3 Å². The second-order valence-electron chi connectivity index (χ2n) is 9.83. The zero-order valence-electron chi connectivity index (χ0n) is 16.9. The first-order valence-electron chi connectivity index (χ1n) is 10.3. The smallest absolute Gasteiger partial charge is 0.191 e. The van der Waals surface area contributed by atoms with Gasteiger partial charge in [0.2, 0.25) is 0 Å². The molecule has 1 saturated heterocycles. The molecule has 7 heteroatoms. The number of phenolic OH excluding ortho intramolecular Hbond substituents is 2. The molecule has 3 aliphatic carbocycles. The van der Waals surface area contributed by atoms with Crippen LogP contribution in [0.3, 0.4) is 0 Å². The Hall–Kier alpha value is -1.83. The maximum atomic E-state index is 12.8. The SMILES string of the molecule is C[N@+]1(CC2CC2)C(O)C[C@]23c4c5c(O)cc(O)c4O[C@H]2C(=O)CC[C@@]3(O)[C@H]1C5.[CH3-]. The van der Waals surface area contributed by atoms with Gasteiger partial charge in [-0.05, 0) is 19.3 Å². The summed E-state index contributed by atoms with van der Waals surface area (Å²) in [6.07, 6.45) is 1.71. The van der Waals surface area contributed by atoms with Crippen molar-refractivity contribution < 1.29 is 34.4 Å². The highest BCUT2D eigenvalue weighted by Crippen LogP contribution is 2.67. The summed E-state index contributed by atoms with van der Waals surface area (Å²) in [5.74, 6) is 0.374. The second-order valence-corrected chi connectivity index (χ2v) is 9.83. The molecule has 158 valence electrons. The highest BCUT2D eigenvalue weighted by molar-refractivity contribution is 5.90. The van der Waals surface area contributed by atoms with E-state index >= 15 is 0 Å². The molecule has 2 aliphatic heterocycles. The number of ketones is 1. The first-order valence-corrected chi connectivity index (χ1v) is 10.3. The summed E-state index contributed by atoms with van der Waals surface area (Å²) in [5.41, 5.74) is -1.16. The number of piperidine rings is 1. The lowest BCUT2D eigenvalue weighted by Crippen LogP contribution is -2.83. The molecule has 1 aromatic rings. The summed E-state index contributed by atoms with van der Waals surface area (Å²) in [7, 11) is 2.00. The molecular formula is C22H29NO6. The fraction of sp³-hybridized carbons (Fsp3) is 0.636. The average molecular weight is 403 g/mol. The quantitative estimate of drug-likeness (QED) is 0.436. The zero-order valence-corrected chi connectivity index (χ0v) is 16.9. The van der Waals surface area contributed by atoms with Crippen LogP contribution in [0.4, 0.5) is 0 Å². The van der Waals surface area contributed by atoms with E-state index in [0.717, 1.165) is 19.4 Å². The lowest BCUT2D eigenvalue weighted by atomic mass is 9.48. The van der Waals surface area contributed by atoms with E-state index in [1.807, 2.05) is 7.05 Å². The first kappa shape index (κ1) is 19.2. The van der Waals surface area contributed by atoms with E-state index in [0.29, 0.717) is 34.4 Å². The molecule has 1 unspecified atom stereocenters. The molecule has 2 heterocycles. The molecule has 1 aromatic carbocycles. The van der Waals surface area contributed by atoms with Gasteiger partial charge in [-0.15, -0.1) is 0 Å². The van der Waals surface area contributed by atoms with Crippen molar-refractivity contribution in [2.45, 2.75) is 67.9 Å². The Morgan fingerprint density at radius 1 is 1.28 bits per heavy atom. The minimum atomic E-state index is -1.23. The summed E-state index contributed by atoms with van der Waals surface area (Å²) in [4.78, 5) is 12.8. The Morgan fingerprint density at radius 2 is 2.00 bits per heavy atom. The molecule has 1 spiro atoms. The minimum Gasteiger partial charge on any atom is -0.508 e. The maximum Gasteiger partial charge on any atom is 0.191 e. The number of hydrogen-bond acceptors (Lipinski definition) is 6. The molecule has 6 atom stereocenters. The van der Waals surface area contributed by atoms with Crippen LogP contribution in [0.5, 0.6) is 17.2 Å². The van der Waals surface area contributed by atoms with Crippen molar-refractivity contribution in [1.82, 2.24) is 0 Å². The maximum absolute atomic E-state index is 12.8. The molecule has 2 saturated carbocycles. The molecule has 0 amide bonds. The Labute approximate surface area is 170 Å². The zero-order chi connectivity index (χ0) is 19.6. The highest BCUT2D eigenvalue weighted by atomic mass is 16.5. The number of carbonyl (C=O) groups excluding carboxylic acids is 1. The number of ether oxygens (including phenoxy) is 1. The number of phenols is 2. The van der Waals surface area contributed by atoms with Gasteiger partial charge in [0.25, 0.3) is 0 Å². The predicted octanol–water partition coefficient (Wildman–Crippen LogP) is 1.14. The van der Waals surface area contributed by atoms with Crippen LogP contribution in [-0.4, -0.2) is 68.3 Å². The number of aliphatic hydroxyl groups excluding tert-OH is 1. The number of benzene rings is 1. The number of rotatable bonds is 2. The van der Waals surface area contributed by atoms with Crippen molar-refractivity contribution in [3.05, 3.63) is 24.6 Å². The third kappa shape index (κ3) is 1.97. The lowest BCUT2D eigenvalue weighted by Gasteiger charge is -2.65.